The van der Waals surface area contributed by atoms with E-state index in [4.69, 9.17) is 14.6 Å². The fraction of sp³-hybridized carbons (Fsp3) is 0.857. The van der Waals surface area contributed by atoms with E-state index in [1.807, 2.05) is 6.92 Å². The highest BCUT2D eigenvalue weighted by molar-refractivity contribution is 4.91. The van der Waals surface area contributed by atoms with E-state index >= 15 is 0 Å². The molecular formula is C14H25FO5. The van der Waals surface area contributed by atoms with E-state index in [9.17, 15) is 14.6 Å². The minimum Gasteiger partial charge on any atom is -0.396 e. The van der Waals surface area contributed by atoms with E-state index in [2.05, 4.69) is 0 Å². The molecule has 5 nitrogen and oxygen atoms in total. The summed E-state index contributed by atoms with van der Waals surface area (Å²) in [5.74, 6) is -0.230. The smallest absolute Gasteiger partial charge is 0.186 e. The minimum atomic E-state index is -1.14. The van der Waals surface area contributed by atoms with Crippen molar-refractivity contribution < 1.29 is 29.2 Å². The maximum Gasteiger partial charge on any atom is 0.186 e. The number of halogens is 1. The highest BCUT2D eigenvalue weighted by atomic mass is 19.1. The van der Waals surface area contributed by atoms with Crippen molar-refractivity contribution in [3.05, 3.63) is 11.9 Å². The molecule has 0 aromatic carbocycles. The molecule has 0 radical (unpaired) electrons. The Labute approximate surface area is 119 Å². The molecule has 118 valence electrons. The summed E-state index contributed by atoms with van der Waals surface area (Å²) in [6.45, 7) is 4.94. The third kappa shape index (κ3) is 5.10. The Kier molecular flexibility index (Phi) is 7.05. The lowest BCUT2D eigenvalue weighted by Crippen LogP contribution is -2.35. The summed E-state index contributed by atoms with van der Waals surface area (Å²) in [5.41, 5.74) is 0. The van der Waals surface area contributed by atoms with Gasteiger partial charge in [0.15, 0.2) is 6.29 Å². The third-order valence-corrected chi connectivity index (χ3v) is 3.32. The van der Waals surface area contributed by atoms with Gasteiger partial charge in [-0.1, -0.05) is 13.0 Å². The van der Waals surface area contributed by atoms with Crippen LogP contribution in [0.5, 0.6) is 0 Å². The van der Waals surface area contributed by atoms with Crippen LogP contribution < -0.4 is 0 Å². The maximum atomic E-state index is 12.8. The zero-order valence-corrected chi connectivity index (χ0v) is 12.2. The summed E-state index contributed by atoms with van der Waals surface area (Å²) >= 11 is 0. The molecule has 1 saturated heterocycles. The van der Waals surface area contributed by atoms with Crippen LogP contribution in [0.15, 0.2) is 11.9 Å². The van der Waals surface area contributed by atoms with Crippen molar-refractivity contribution >= 4 is 0 Å². The fourth-order valence-electron chi connectivity index (χ4n) is 2.46. The van der Waals surface area contributed by atoms with Gasteiger partial charge >= 0.3 is 0 Å². The van der Waals surface area contributed by atoms with Gasteiger partial charge in [0.1, 0.15) is 12.2 Å². The Morgan fingerprint density at radius 1 is 1.35 bits per heavy atom. The fourth-order valence-corrected chi connectivity index (χ4v) is 2.46. The predicted molar refractivity (Wildman–Crippen MR) is 71.6 cm³/mol. The van der Waals surface area contributed by atoms with Crippen molar-refractivity contribution in [2.24, 2.45) is 5.92 Å². The lowest BCUT2D eigenvalue weighted by molar-refractivity contribution is -0.190. The van der Waals surface area contributed by atoms with Gasteiger partial charge in [-0.2, -0.15) is 0 Å². The molecule has 6 atom stereocenters. The normalized spacial score (nSPS) is 34.2. The molecule has 1 fully saturated rings. The van der Waals surface area contributed by atoms with Crippen molar-refractivity contribution in [2.75, 3.05) is 6.61 Å². The first-order valence-electron chi connectivity index (χ1n) is 6.97. The molecular weight excluding hydrogens is 267 g/mol. The average Bonchev–Trinajstić information content (AvgIpc) is 2.57. The Bertz CT molecular complexity index is 319. The molecule has 3 N–H and O–H groups in total. The predicted octanol–water partition coefficient (Wildman–Crippen LogP) is 1.12. The molecule has 0 amide bonds. The van der Waals surface area contributed by atoms with Crippen LogP contribution in [0.25, 0.3) is 0 Å². The SMILES string of the molecule is C/C(F)=C\C(C)CC(C)OC1OC(CCO)C(O)C1O. The number of ether oxygens (including phenoxy) is 2. The lowest BCUT2D eigenvalue weighted by atomic mass is 10.0. The van der Waals surface area contributed by atoms with Gasteiger partial charge in [-0.15, -0.1) is 0 Å². The summed E-state index contributed by atoms with van der Waals surface area (Å²) in [7, 11) is 0. The van der Waals surface area contributed by atoms with Gasteiger partial charge in [0.05, 0.1) is 18.0 Å². The van der Waals surface area contributed by atoms with Crippen LogP contribution in [0.4, 0.5) is 4.39 Å². The summed E-state index contributed by atoms with van der Waals surface area (Å²) in [6.07, 6.45) is -1.67. The minimum absolute atomic E-state index is 0.00621. The molecule has 1 rings (SSSR count). The summed E-state index contributed by atoms with van der Waals surface area (Å²) in [4.78, 5) is 0. The molecule has 0 spiro atoms. The molecule has 0 aliphatic carbocycles. The number of rotatable bonds is 7. The zero-order valence-electron chi connectivity index (χ0n) is 12.2. The second kappa shape index (κ2) is 8.05. The molecule has 0 aromatic rings. The van der Waals surface area contributed by atoms with E-state index in [-0.39, 0.29) is 30.9 Å². The van der Waals surface area contributed by atoms with Gasteiger partial charge in [0.25, 0.3) is 0 Å². The van der Waals surface area contributed by atoms with E-state index in [1.165, 1.54) is 13.0 Å². The van der Waals surface area contributed by atoms with Crippen molar-refractivity contribution in [1.29, 1.82) is 0 Å². The van der Waals surface area contributed by atoms with Crippen LogP contribution >= 0.6 is 0 Å². The third-order valence-electron chi connectivity index (χ3n) is 3.32. The molecule has 0 saturated carbocycles. The lowest BCUT2D eigenvalue weighted by Gasteiger charge is -2.22. The molecule has 0 aromatic heterocycles. The Balaban J connectivity index is 2.46. The molecule has 1 aliphatic rings. The second-order valence-corrected chi connectivity index (χ2v) is 5.45. The first kappa shape index (κ1) is 17.5. The molecule has 6 heteroatoms. The largest absolute Gasteiger partial charge is 0.396 e. The Morgan fingerprint density at radius 3 is 2.55 bits per heavy atom. The topological polar surface area (TPSA) is 79.2 Å². The quantitative estimate of drug-likeness (QED) is 0.655. The van der Waals surface area contributed by atoms with Crippen LogP contribution in [-0.2, 0) is 9.47 Å². The zero-order chi connectivity index (χ0) is 15.3. The monoisotopic (exact) mass is 292 g/mol. The number of allylic oxidation sites excluding steroid dienone is 2. The first-order chi connectivity index (χ1) is 9.35. The van der Waals surface area contributed by atoms with Crippen molar-refractivity contribution in [3.63, 3.8) is 0 Å². The molecule has 1 aliphatic heterocycles. The van der Waals surface area contributed by atoms with Gasteiger partial charge in [0, 0.05) is 6.61 Å². The van der Waals surface area contributed by atoms with Gasteiger partial charge in [-0.3, -0.25) is 0 Å². The van der Waals surface area contributed by atoms with Gasteiger partial charge in [-0.05, 0) is 32.6 Å². The Morgan fingerprint density at radius 2 is 2.00 bits per heavy atom. The summed E-state index contributed by atoms with van der Waals surface area (Å²) in [5, 5.41) is 28.4. The van der Waals surface area contributed by atoms with Crippen LogP contribution in [0, 0.1) is 5.92 Å². The summed E-state index contributed by atoms with van der Waals surface area (Å²) < 4.78 is 23.7. The molecule has 0 bridgehead atoms. The molecule has 1 heterocycles. The number of hydrogen-bond donors (Lipinski definition) is 3. The first-order valence-corrected chi connectivity index (χ1v) is 6.97. The van der Waals surface area contributed by atoms with E-state index in [0.29, 0.717) is 6.42 Å². The van der Waals surface area contributed by atoms with Crippen LogP contribution in [0.2, 0.25) is 0 Å². The standard InChI is InChI=1S/C14H25FO5/c1-8(6-9(2)15)7-10(3)19-14-13(18)12(17)11(20-14)4-5-16/h6,8,10-14,16-18H,4-5,7H2,1-3H3/b9-6+. The van der Waals surface area contributed by atoms with Gasteiger partial charge in [-0.25, -0.2) is 4.39 Å². The van der Waals surface area contributed by atoms with Crippen LogP contribution in [-0.4, -0.2) is 52.6 Å². The van der Waals surface area contributed by atoms with Crippen LogP contribution in [0.3, 0.4) is 0 Å². The van der Waals surface area contributed by atoms with Gasteiger partial charge in [0.2, 0.25) is 0 Å². The van der Waals surface area contributed by atoms with Crippen molar-refractivity contribution in [3.8, 4) is 0 Å². The highest BCUT2D eigenvalue weighted by Gasteiger charge is 2.43. The number of aliphatic hydroxyl groups is 3. The van der Waals surface area contributed by atoms with E-state index < -0.39 is 24.6 Å². The molecule has 6 unspecified atom stereocenters. The maximum absolute atomic E-state index is 12.8. The van der Waals surface area contributed by atoms with E-state index in [0.717, 1.165) is 0 Å². The highest BCUT2D eigenvalue weighted by Crippen LogP contribution is 2.26. The van der Waals surface area contributed by atoms with Crippen molar-refractivity contribution in [1.82, 2.24) is 0 Å². The number of aliphatic hydroxyl groups excluding tert-OH is 3. The average molecular weight is 292 g/mol. The summed E-state index contributed by atoms with van der Waals surface area (Å²) in [6, 6.07) is 0. The van der Waals surface area contributed by atoms with E-state index in [1.54, 1.807) is 6.92 Å². The van der Waals surface area contributed by atoms with Gasteiger partial charge < -0.3 is 24.8 Å². The second-order valence-electron chi connectivity index (χ2n) is 5.45. The molecule has 20 heavy (non-hydrogen) atoms. The Hall–Kier alpha value is -0.530. The van der Waals surface area contributed by atoms with Crippen molar-refractivity contribution in [2.45, 2.75) is 64.3 Å². The van der Waals surface area contributed by atoms with Crippen LogP contribution in [0.1, 0.15) is 33.6 Å². The number of hydrogen-bond acceptors (Lipinski definition) is 5.